The third kappa shape index (κ3) is 5.95. The first kappa shape index (κ1) is 27.4. The van der Waals surface area contributed by atoms with Crippen molar-refractivity contribution in [3.05, 3.63) is 94.0 Å². The summed E-state index contributed by atoms with van der Waals surface area (Å²) in [5, 5.41) is 9.26. The van der Waals surface area contributed by atoms with Crippen molar-refractivity contribution in [2.24, 2.45) is 4.99 Å². The molecule has 1 N–H and O–H groups in total. The number of Topliss-reactive ketones (excluding diaryl/α,β-unsaturated/α-hetero) is 1. The quantitative estimate of drug-likeness (QED) is 0.282. The number of ether oxygens (including phenoxy) is 2. The van der Waals surface area contributed by atoms with Gasteiger partial charge >= 0.3 is 11.9 Å². The number of rotatable bonds is 10. The van der Waals surface area contributed by atoms with Crippen molar-refractivity contribution in [3.8, 4) is 0 Å². The minimum absolute atomic E-state index is 0.0113. The molecule has 2 aromatic carbocycles. The van der Waals surface area contributed by atoms with Crippen LogP contribution in [0.3, 0.4) is 0 Å². The van der Waals surface area contributed by atoms with Crippen LogP contribution in [0.15, 0.2) is 82.1 Å². The van der Waals surface area contributed by atoms with Gasteiger partial charge in [-0.05, 0) is 54.7 Å². The lowest BCUT2D eigenvalue weighted by molar-refractivity contribution is -0.151. The second kappa shape index (κ2) is 11.8. The lowest BCUT2D eigenvalue weighted by atomic mass is 9.84. The number of allylic oxidation sites excluding steroid dienone is 1. The van der Waals surface area contributed by atoms with Crippen LogP contribution < -0.4 is 0 Å². The van der Waals surface area contributed by atoms with E-state index < -0.39 is 47.8 Å². The number of carboxylic acids is 1. The molecule has 0 radical (unpaired) electrons. The van der Waals surface area contributed by atoms with E-state index in [0.29, 0.717) is 17.6 Å². The molecular formula is C29H27FN2O7. The zero-order chi connectivity index (χ0) is 28.1. The molecule has 0 fully saturated rings. The van der Waals surface area contributed by atoms with Crippen LogP contribution in [0.2, 0.25) is 0 Å². The summed E-state index contributed by atoms with van der Waals surface area (Å²) in [6.07, 6.45) is 1.95. The first-order chi connectivity index (χ1) is 18.7. The summed E-state index contributed by atoms with van der Waals surface area (Å²) < 4.78 is 24.6. The molecular weight excluding hydrogens is 507 g/mol. The fourth-order valence-corrected chi connectivity index (χ4v) is 4.60. The van der Waals surface area contributed by atoms with Crippen molar-refractivity contribution >= 4 is 29.8 Å². The van der Waals surface area contributed by atoms with Gasteiger partial charge in [0.25, 0.3) is 11.7 Å². The normalized spacial score (nSPS) is 18.6. The number of ketones is 1. The van der Waals surface area contributed by atoms with E-state index in [1.54, 1.807) is 32.2 Å². The fraction of sp³-hybridized carbons (Fsp3) is 0.276. The van der Waals surface area contributed by atoms with E-state index in [-0.39, 0.29) is 24.8 Å². The van der Waals surface area contributed by atoms with Gasteiger partial charge in [0.1, 0.15) is 24.2 Å². The predicted octanol–water partition coefficient (Wildman–Crippen LogP) is 3.04. The number of hydrogen-bond acceptors (Lipinski definition) is 7. The van der Waals surface area contributed by atoms with Crippen LogP contribution in [-0.4, -0.2) is 65.1 Å². The Morgan fingerprint density at radius 1 is 1.05 bits per heavy atom. The molecule has 2 aromatic rings. The molecule has 9 nitrogen and oxygen atoms in total. The summed E-state index contributed by atoms with van der Waals surface area (Å²) in [4.78, 5) is 56.1. The number of nitrogens with zero attached hydrogens (tertiary/aromatic N) is 2. The van der Waals surface area contributed by atoms with Gasteiger partial charge in [-0.25, -0.2) is 14.0 Å². The minimum atomic E-state index is -1.71. The largest absolute Gasteiger partial charge is 0.490 e. The Hall–Kier alpha value is -4.60. The topological polar surface area (TPSA) is 123 Å². The summed E-state index contributed by atoms with van der Waals surface area (Å²) in [5.74, 6) is -5.16. The molecule has 202 valence electrons. The summed E-state index contributed by atoms with van der Waals surface area (Å²) in [7, 11) is 0. The van der Waals surface area contributed by atoms with Crippen LogP contribution in [-0.2, 0) is 41.7 Å². The zero-order valence-electron chi connectivity index (χ0n) is 21.4. The van der Waals surface area contributed by atoms with E-state index in [1.807, 2.05) is 30.3 Å². The number of benzene rings is 2. The summed E-state index contributed by atoms with van der Waals surface area (Å²) >= 11 is 0. The summed E-state index contributed by atoms with van der Waals surface area (Å²) in [6, 6.07) is 13.2. The number of carboxylic acid groups (broad SMARTS) is 1. The van der Waals surface area contributed by atoms with Crippen LogP contribution in [0.5, 0.6) is 0 Å². The Morgan fingerprint density at radius 3 is 2.38 bits per heavy atom. The van der Waals surface area contributed by atoms with Gasteiger partial charge in [0.15, 0.2) is 5.57 Å². The third-order valence-corrected chi connectivity index (χ3v) is 6.54. The lowest BCUT2D eigenvalue weighted by Crippen LogP contribution is -2.57. The average Bonchev–Trinajstić information content (AvgIpc) is 2.92. The highest BCUT2D eigenvalue weighted by atomic mass is 19.1. The van der Waals surface area contributed by atoms with Gasteiger partial charge in [-0.2, -0.15) is 0 Å². The number of fused-ring (bicyclic) bond motifs is 1. The Labute approximate surface area is 224 Å². The van der Waals surface area contributed by atoms with E-state index in [9.17, 15) is 28.7 Å². The second-order valence-corrected chi connectivity index (χ2v) is 9.07. The smallest absolute Gasteiger partial charge is 0.374 e. The SMILES string of the molecule is CCOC(=O)C1=C(OCc2ccccc2)C2N=CC(Cc3ccc(F)cc3)=C(C)C2N(CC(=O)C(=O)O)C1=O. The number of esters is 1. The average molecular weight is 535 g/mol. The number of hydrogen-bond donors (Lipinski definition) is 1. The van der Waals surface area contributed by atoms with E-state index in [0.717, 1.165) is 16.0 Å². The second-order valence-electron chi connectivity index (χ2n) is 9.07. The van der Waals surface area contributed by atoms with Crippen LogP contribution >= 0.6 is 0 Å². The van der Waals surface area contributed by atoms with E-state index in [4.69, 9.17) is 9.47 Å². The molecule has 2 aliphatic heterocycles. The number of aliphatic imine (C=N–C) groups is 1. The van der Waals surface area contributed by atoms with Gasteiger partial charge in [-0.1, -0.05) is 42.5 Å². The number of halogens is 1. The molecule has 10 heteroatoms. The van der Waals surface area contributed by atoms with Gasteiger partial charge in [-0.3, -0.25) is 14.6 Å². The molecule has 0 saturated carbocycles. The van der Waals surface area contributed by atoms with Crippen molar-refractivity contribution < 1.29 is 38.1 Å². The molecule has 0 aliphatic carbocycles. The van der Waals surface area contributed by atoms with Gasteiger partial charge in [0.2, 0.25) is 0 Å². The van der Waals surface area contributed by atoms with E-state index in [2.05, 4.69) is 4.99 Å². The highest BCUT2D eigenvalue weighted by Crippen LogP contribution is 2.36. The Balaban J connectivity index is 1.79. The van der Waals surface area contributed by atoms with Gasteiger partial charge in [0.05, 0.1) is 19.2 Å². The predicted molar refractivity (Wildman–Crippen MR) is 138 cm³/mol. The van der Waals surface area contributed by atoms with Crippen LogP contribution in [0.25, 0.3) is 0 Å². The van der Waals surface area contributed by atoms with Gasteiger partial charge in [-0.15, -0.1) is 0 Å². The molecule has 2 unspecified atom stereocenters. The maximum atomic E-state index is 13.8. The van der Waals surface area contributed by atoms with Crippen LogP contribution in [0.4, 0.5) is 4.39 Å². The molecule has 2 aliphatic rings. The van der Waals surface area contributed by atoms with Crippen LogP contribution in [0, 0.1) is 5.82 Å². The van der Waals surface area contributed by atoms with Crippen LogP contribution in [0.1, 0.15) is 25.0 Å². The van der Waals surface area contributed by atoms with Gasteiger partial charge < -0.3 is 19.5 Å². The van der Waals surface area contributed by atoms with Crippen molar-refractivity contribution in [2.75, 3.05) is 13.2 Å². The first-order valence-corrected chi connectivity index (χ1v) is 12.3. The molecule has 2 atom stereocenters. The summed E-state index contributed by atoms with van der Waals surface area (Å²) in [5.41, 5.74) is 2.47. The maximum absolute atomic E-state index is 13.8. The molecule has 0 saturated heterocycles. The highest BCUT2D eigenvalue weighted by Gasteiger charge is 2.48. The molecule has 39 heavy (non-hydrogen) atoms. The first-order valence-electron chi connectivity index (χ1n) is 12.3. The van der Waals surface area contributed by atoms with Crippen molar-refractivity contribution in [1.82, 2.24) is 4.90 Å². The highest BCUT2D eigenvalue weighted by molar-refractivity contribution is 6.34. The van der Waals surface area contributed by atoms with Crippen molar-refractivity contribution in [3.63, 3.8) is 0 Å². The lowest BCUT2D eigenvalue weighted by Gasteiger charge is -2.42. The molecule has 2 heterocycles. The third-order valence-electron chi connectivity index (χ3n) is 6.54. The number of aliphatic carboxylic acids is 1. The fourth-order valence-electron chi connectivity index (χ4n) is 4.60. The molecule has 0 aromatic heterocycles. The standard InChI is InChI=1S/C29H27FN2O7/c1-3-38-29(37)23-26(39-16-19-7-5-4-6-8-19)24-25(32(27(23)34)15-22(33)28(35)36)17(2)20(14-31-24)13-18-9-11-21(30)12-10-18/h4-12,14,24-25H,3,13,15-16H2,1-2H3,(H,35,36). The molecule has 0 bridgehead atoms. The Morgan fingerprint density at radius 2 is 1.74 bits per heavy atom. The number of carbonyl (C=O) groups excluding carboxylic acids is 3. The van der Waals surface area contributed by atoms with Gasteiger partial charge in [0, 0.05) is 6.21 Å². The van der Waals surface area contributed by atoms with E-state index >= 15 is 0 Å². The minimum Gasteiger partial charge on any atom is -0.490 e. The molecule has 0 spiro atoms. The monoisotopic (exact) mass is 534 g/mol. The molecule has 4 rings (SSSR count). The van der Waals surface area contributed by atoms with Crippen molar-refractivity contribution in [1.29, 1.82) is 0 Å². The Kier molecular flexibility index (Phi) is 8.33. The van der Waals surface area contributed by atoms with E-state index in [1.165, 1.54) is 12.1 Å². The maximum Gasteiger partial charge on any atom is 0.374 e. The zero-order valence-corrected chi connectivity index (χ0v) is 21.4. The molecule has 1 amide bonds. The number of dihydropyridines is 1. The summed E-state index contributed by atoms with van der Waals surface area (Å²) in [6.45, 7) is 2.56. The number of amides is 1. The van der Waals surface area contributed by atoms with Crippen molar-refractivity contribution in [2.45, 2.75) is 39.0 Å². The Bertz CT molecular complexity index is 1380. The number of carbonyl (C=O) groups is 4.